The quantitative estimate of drug-likeness (QED) is 0.771. The predicted molar refractivity (Wildman–Crippen MR) is 110 cm³/mol. The maximum atomic E-state index is 12.8. The number of carbonyl (C=O) groups is 2. The first-order chi connectivity index (χ1) is 13.1. The van der Waals surface area contributed by atoms with Crippen LogP contribution in [0.1, 0.15) is 44.7 Å². The van der Waals surface area contributed by atoms with Crippen LogP contribution in [0.25, 0.3) is 6.08 Å². The molecule has 28 heavy (non-hydrogen) atoms. The molecule has 0 radical (unpaired) electrons. The van der Waals surface area contributed by atoms with Crippen LogP contribution in [-0.4, -0.2) is 60.7 Å². The second-order valence-electron chi connectivity index (χ2n) is 8.16. The molecular formula is C22H32N2O4. The van der Waals surface area contributed by atoms with E-state index in [1.807, 2.05) is 43.9 Å². The third kappa shape index (κ3) is 5.75. The normalized spacial score (nSPS) is 15.1. The van der Waals surface area contributed by atoms with Crippen LogP contribution in [0.2, 0.25) is 0 Å². The monoisotopic (exact) mass is 388 g/mol. The first-order valence-electron chi connectivity index (χ1n) is 9.67. The number of amides is 2. The van der Waals surface area contributed by atoms with E-state index >= 15 is 0 Å². The first-order valence-corrected chi connectivity index (χ1v) is 9.67. The summed E-state index contributed by atoms with van der Waals surface area (Å²) in [6.45, 7) is 10.6. The van der Waals surface area contributed by atoms with E-state index in [0.29, 0.717) is 18.8 Å². The molecule has 1 aliphatic rings. The zero-order chi connectivity index (χ0) is 20.9. The van der Waals surface area contributed by atoms with Gasteiger partial charge in [-0.25, -0.2) is 4.79 Å². The fourth-order valence-electron chi connectivity index (χ4n) is 3.32. The summed E-state index contributed by atoms with van der Waals surface area (Å²) < 4.78 is 10.8. The summed E-state index contributed by atoms with van der Waals surface area (Å²) in [5.41, 5.74) is 1.31. The molecule has 0 atom stereocenters. The highest BCUT2D eigenvalue weighted by molar-refractivity contribution is 5.80. The average Bonchev–Trinajstić information content (AvgIpc) is 2.66. The van der Waals surface area contributed by atoms with E-state index in [0.717, 1.165) is 24.0 Å². The van der Waals surface area contributed by atoms with Crippen molar-refractivity contribution in [1.82, 2.24) is 9.80 Å². The van der Waals surface area contributed by atoms with Crippen molar-refractivity contribution in [1.29, 1.82) is 0 Å². The number of hydrogen-bond acceptors (Lipinski definition) is 4. The number of ether oxygens (including phenoxy) is 2. The standard InChI is InChI=1S/C22H32N2O4/c1-7-16-8-9-19(27-6)17(14-16)15-20(25)24-12-10-18(11-13-24)23(5)21(26)28-22(2,3)4/h7-9,14,18H,1,10-13,15H2,2-6H3. The molecule has 1 heterocycles. The molecule has 1 aromatic rings. The van der Waals surface area contributed by atoms with Crippen LogP contribution in [0.3, 0.4) is 0 Å². The van der Waals surface area contributed by atoms with E-state index in [4.69, 9.17) is 9.47 Å². The van der Waals surface area contributed by atoms with Crippen molar-refractivity contribution in [2.75, 3.05) is 27.2 Å². The number of methoxy groups -OCH3 is 1. The van der Waals surface area contributed by atoms with Crippen LogP contribution in [0.5, 0.6) is 5.75 Å². The van der Waals surface area contributed by atoms with Crippen molar-refractivity contribution < 1.29 is 19.1 Å². The number of carbonyl (C=O) groups excluding carboxylic acids is 2. The Morgan fingerprint density at radius 2 is 1.93 bits per heavy atom. The minimum absolute atomic E-state index is 0.0675. The fraction of sp³-hybridized carbons (Fsp3) is 0.545. The van der Waals surface area contributed by atoms with Gasteiger partial charge < -0.3 is 19.3 Å². The zero-order valence-corrected chi connectivity index (χ0v) is 17.7. The zero-order valence-electron chi connectivity index (χ0n) is 17.7. The molecule has 0 aromatic heterocycles. The van der Waals surface area contributed by atoms with Gasteiger partial charge in [0.15, 0.2) is 0 Å². The van der Waals surface area contributed by atoms with E-state index < -0.39 is 5.60 Å². The molecule has 6 nitrogen and oxygen atoms in total. The molecule has 154 valence electrons. The molecule has 1 saturated heterocycles. The smallest absolute Gasteiger partial charge is 0.410 e. The predicted octanol–water partition coefficient (Wildman–Crippen LogP) is 3.74. The maximum Gasteiger partial charge on any atom is 0.410 e. The Balaban J connectivity index is 1.93. The van der Waals surface area contributed by atoms with E-state index in [-0.39, 0.29) is 24.5 Å². The summed E-state index contributed by atoms with van der Waals surface area (Å²) in [5.74, 6) is 0.774. The summed E-state index contributed by atoms with van der Waals surface area (Å²) in [4.78, 5) is 28.5. The molecule has 0 N–H and O–H groups in total. The lowest BCUT2D eigenvalue weighted by atomic mass is 10.0. The summed E-state index contributed by atoms with van der Waals surface area (Å²) in [6, 6.07) is 5.80. The Bertz CT molecular complexity index is 716. The third-order valence-electron chi connectivity index (χ3n) is 4.93. The fourth-order valence-corrected chi connectivity index (χ4v) is 3.32. The summed E-state index contributed by atoms with van der Waals surface area (Å²) in [5, 5.41) is 0. The molecule has 0 unspecified atom stereocenters. The highest BCUT2D eigenvalue weighted by Gasteiger charge is 2.30. The molecule has 0 aliphatic carbocycles. The van der Waals surface area contributed by atoms with Crippen molar-refractivity contribution in [2.24, 2.45) is 0 Å². The number of benzene rings is 1. The van der Waals surface area contributed by atoms with Gasteiger partial charge in [0.2, 0.25) is 5.91 Å². The molecule has 0 spiro atoms. The lowest BCUT2D eigenvalue weighted by molar-refractivity contribution is -0.131. The molecule has 2 rings (SSSR count). The van der Waals surface area contributed by atoms with Crippen LogP contribution in [-0.2, 0) is 16.0 Å². The second kappa shape index (κ2) is 9.13. The molecule has 0 bridgehead atoms. The van der Waals surface area contributed by atoms with Gasteiger partial charge in [-0.1, -0.05) is 18.7 Å². The number of nitrogens with zero attached hydrogens (tertiary/aromatic N) is 2. The Hall–Kier alpha value is -2.50. The van der Waals surface area contributed by atoms with Gasteiger partial charge in [-0.3, -0.25) is 4.79 Å². The maximum absolute atomic E-state index is 12.8. The van der Waals surface area contributed by atoms with Crippen molar-refractivity contribution in [3.63, 3.8) is 0 Å². The van der Waals surface area contributed by atoms with Gasteiger partial charge in [0.25, 0.3) is 0 Å². The van der Waals surface area contributed by atoms with Crippen LogP contribution < -0.4 is 4.74 Å². The third-order valence-corrected chi connectivity index (χ3v) is 4.93. The lowest BCUT2D eigenvalue weighted by Crippen LogP contribution is -2.48. The van der Waals surface area contributed by atoms with Crippen molar-refractivity contribution in [2.45, 2.75) is 51.7 Å². The highest BCUT2D eigenvalue weighted by atomic mass is 16.6. The van der Waals surface area contributed by atoms with Crippen LogP contribution in [0.15, 0.2) is 24.8 Å². The second-order valence-corrected chi connectivity index (χ2v) is 8.16. The van der Waals surface area contributed by atoms with Gasteiger partial charge >= 0.3 is 6.09 Å². The summed E-state index contributed by atoms with van der Waals surface area (Å²) >= 11 is 0. The largest absolute Gasteiger partial charge is 0.496 e. The molecule has 1 fully saturated rings. The lowest BCUT2D eigenvalue weighted by Gasteiger charge is -2.37. The molecule has 0 saturated carbocycles. The van der Waals surface area contributed by atoms with Crippen molar-refractivity contribution in [3.05, 3.63) is 35.9 Å². The van der Waals surface area contributed by atoms with Gasteiger partial charge in [0, 0.05) is 31.7 Å². The van der Waals surface area contributed by atoms with E-state index in [1.165, 1.54) is 0 Å². The Morgan fingerprint density at radius 3 is 2.46 bits per heavy atom. The van der Waals surface area contributed by atoms with Gasteiger partial charge in [-0.2, -0.15) is 0 Å². The van der Waals surface area contributed by atoms with Gasteiger partial charge in [0.1, 0.15) is 11.4 Å². The van der Waals surface area contributed by atoms with Crippen LogP contribution >= 0.6 is 0 Å². The van der Waals surface area contributed by atoms with Gasteiger partial charge in [0.05, 0.1) is 13.5 Å². The average molecular weight is 389 g/mol. The van der Waals surface area contributed by atoms with Crippen molar-refractivity contribution >= 4 is 18.1 Å². The number of hydrogen-bond donors (Lipinski definition) is 0. The van der Waals surface area contributed by atoms with Crippen molar-refractivity contribution in [3.8, 4) is 5.75 Å². The van der Waals surface area contributed by atoms with Crippen LogP contribution in [0.4, 0.5) is 4.79 Å². The minimum atomic E-state index is -0.513. The minimum Gasteiger partial charge on any atom is -0.496 e. The number of rotatable bonds is 5. The van der Waals surface area contributed by atoms with E-state index in [9.17, 15) is 9.59 Å². The van der Waals surface area contributed by atoms with Gasteiger partial charge in [-0.05, 0) is 51.3 Å². The van der Waals surface area contributed by atoms with E-state index in [1.54, 1.807) is 25.1 Å². The van der Waals surface area contributed by atoms with Gasteiger partial charge in [-0.15, -0.1) is 0 Å². The molecule has 6 heteroatoms. The van der Waals surface area contributed by atoms with Crippen LogP contribution in [0, 0.1) is 0 Å². The van der Waals surface area contributed by atoms with E-state index in [2.05, 4.69) is 6.58 Å². The Morgan fingerprint density at radius 1 is 1.29 bits per heavy atom. The summed E-state index contributed by atoms with van der Waals surface area (Å²) in [7, 11) is 3.37. The number of likely N-dealkylation sites (tertiary alicyclic amines) is 1. The highest BCUT2D eigenvalue weighted by Crippen LogP contribution is 2.23. The molecule has 1 aliphatic heterocycles. The Labute approximate surface area is 168 Å². The number of piperidine rings is 1. The Kier molecular flexibility index (Phi) is 7.11. The molecular weight excluding hydrogens is 356 g/mol. The molecule has 1 aromatic carbocycles. The summed E-state index contributed by atoms with van der Waals surface area (Å²) in [6.07, 6.45) is 3.21. The molecule has 2 amide bonds. The first kappa shape index (κ1) is 21.8. The SMILES string of the molecule is C=Cc1ccc(OC)c(CC(=O)N2CCC(N(C)C(=O)OC(C)(C)C)CC2)c1. The topological polar surface area (TPSA) is 59.1 Å².